The number of rotatable bonds is 2. The van der Waals surface area contributed by atoms with Gasteiger partial charge >= 0.3 is 0 Å². The van der Waals surface area contributed by atoms with Crippen LogP contribution in [0.2, 0.25) is 0 Å². The van der Waals surface area contributed by atoms with Gasteiger partial charge in [-0.05, 0) is 60.3 Å². The van der Waals surface area contributed by atoms with Crippen LogP contribution in [0.4, 0.5) is 4.39 Å². The van der Waals surface area contributed by atoms with E-state index >= 15 is 0 Å². The molecule has 0 saturated carbocycles. The van der Waals surface area contributed by atoms with E-state index < -0.39 is 5.82 Å². The minimum absolute atomic E-state index is 0.0383. The predicted octanol–water partition coefficient (Wildman–Crippen LogP) is 2.93. The fourth-order valence-electron chi connectivity index (χ4n) is 2.57. The molecule has 0 aromatic heterocycles. The first-order chi connectivity index (χ1) is 9.00. The van der Waals surface area contributed by atoms with Gasteiger partial charge in [-0.2, -0.15) is 0 Å². The number of piperidine rings is 1. The molecule has 3 nitrogen and oxygen atoms in total. The van der Waals surface area contributed by atoms with Crippen LogP contribution >= 0.6 is 15.9 Å². The van der Waals surface area contributed by atoms with Gasteiger partial charge in [-0.25, -0.2) is 4.39 Å². The number of hydrogen-bond acceptors (Lipinski definition) is 2. The molecule has 0 radical (unpaired) electrons. The molecule has 1 aromatic rings. The van der Waals surface area contributed by atoms with Gasteiger partial charge in [0.25, 0.3) is 5.91 Å². The van der Waals surface area contributed by atoms with E-state index in [2.05, 4.69) is 15.9 Å². The molecule has 2 atom stereocenters. The van der Waals surface area contributed by atoms with Crippen molar-refractivity contribution in [3.8, 4) is 0 Å². The van der Waals surface area contributed by atoms with Crippen molar-refractivity contribution in [2.45, 2.75) is 38.3 Å². The van der Waals surface area contributed by atoms with Crippen LogP contribution in [0.5, 0.6) is 0 Å². The maximum atomic E-state index is 13.3. The van der Waals surface area contributed by atoms with Crippen molar-refractivity contribution in [1.29, 1.82) is 0 Å². The van der Waals surface area contributed by atoms with Crippen molar-refractivity contribution < 1.29 is 9.18 Å². The van der Waals surface area contributed by atoms with Crippen LogP contribution in [0.1, 0.15) is 36.5 Å². The van der Waals surface area contributed by atoms with Crippen LogP contribution in [-0.2, 0) is 0 Å². The van der Waals surface area contributed by atoms with E-state index in [9.17, 15) is 9.18 Å². The highest BCUT2D eigenvalue weighted by atomic mass is 79.9. The molecule has 1 amide bonds. The average Bonchev–Trinajstić information content (AvgIpc) is 2.40. The quantitative estimate of drug-likeness (QED) is 0.907. The van der Waals surface area contributed by atoms with Crippen LogP contribution in [0.15, 0.2) is 22.7 Å². The Hall–Kier alpha value is -0.940. The number of likely N-dealkylation sites (tertiary alicyclic amines) is 1. The molecule has 104 valence electrons. The lowest BCUT2D eigenvalue weighted by Crippen LogP contribution is -2.51. The summed E-state index contributed by atoms with van der Waals surface area (Å²) in [5.74, 6) is -0.547. The second-order valence-electron chi connectivity index (χ2n) is 5.04. The lowest BCUT2D eigenvalue weighted by Gasteiger charge is -2.38. The molecule has 19 heavy (non-hydrogen) atoms. The molecule has 2 N–H and O–H groups in total. The molecule has 0 aliphatic carbocycles. The third-order valence-corrected chi connectivity index (χ3v) is 4.27. The topological polar surface area (TPSA) is 46.3 Å². The van der Waals surface area contributed by atoms with Crippen LogP contribution < -0.4 is 5.73 Å². The van der Waals surface area contributed by atoms with Gasteiger partial charge in [-0.15, -0.1) is 0 Å². The number of amides is 1. The van der Waals surface area contributed by atoms with E-state index in [-0.39, 0.29) is 18.0 Å². The first-order valence-corrected chi connectivity index (χ1v) is 7.31. The van der Waals surface area contributed by atoms with Crippen molar-refractivity contribution in [2.75, 3.05) is 6.54 Å². The zero-order chi connectivity index (χ0) is 14.0. The Morgan fingerprint density at radius 3 is 2.95 bits per heavy atom. The minimum atomic E-state index is -0.402. The Kier molecular flexibility index (Phi) is 4.58. The summed E-state index contributed by atoms with van der Waals surface area (Å²) in [6.45, 7) is 2.60. The maximum Gasteiger partial charge on any atom is 0.255 e. The highest BCUT2D eigenvalue weighted by molar-refractivity contribution is 9.10. The predicted molar refractivity (Wildman–Crippen MR) is 76.4 cm³/mol. The van der Waals surface area contributed by atoms with Gasteiger partial charge < -0.3 is 10.6 Å². The molecule has 1 aliphatic heterocycles. The number of nitrogens with zero attached hydrogens (tertiary/aromatic N) is 1. The molecule has 2 rings (SSSR count). The van der Waals surface area contributed by atoms with Crippen molar-refractivity contribution in [3.05, 3.63) is 34.1 Å². The monoisotopic (exact) mass is 328 g/mol. The van der Waals surface area contributed by atoms with Gasteiger partial charge in [0.15, 0.2) is 0 Å². The molecule has 1 saturated heterocycles. The fourth-order valence-corrected chi connectivity index (χ4v) is 2.99. The van der Waals surface area contributed by atoms with Crippen LogP contribution in [0.25, 0.3) is 0 Å². The van der Waals surface area contributed by atoms with Crippen LogP contribution in [-0.4, -0.2) is 29.4 Å². The van der Waals surface area contributed by atoms with Gasteiger partial charge in [-0.3, -0.25) is 4.79 Å². The van der Waals surface area contributed by atoms with E-state index in [1.54, 1.807) is 11.0 Å². The van der Waals surface area contributed by atoms with E-state index in [0.717, 1.165) is 19.3 Å². The molecule has 1 fully saturated rings. The Labute approximate surface area is 121 Å². The van der Waals surface area contributed by atoms with E-state index in [4.69, 9.17) is 5.73 Å². The third-order valence-electron chi connectivity index (χ3n) is 3.58. The second-order valence-corrected chi connectivity index (χ2v) is 5.90. The highest BCUT2D eigenvalue weighted by Gasteiger charge is 2.30. The lowest BCUT2D eigenvalue weighted by atomic mass is 9.96. The molecule has 0 spiro atoms. The van der Waals surface area contributed by atoms with Gasteiger partial charge in [0.2, 0.25) is 0 Å². The SMILES string of the molecule is CC(N)C1CCCCN1C(=O)c1cc(F)ccc1Br. The fraction of sp³-hybridized carbons (Fsp3) is 0.500. The van der Waals surface area contributed by atoms with Gasteiger partial charge in [0.1, 0.15) is 5.82 Å². The number of carbonyl (C=O) groups is 1. The summed E-state index contributed by atoms with van der Waals surface area (Å²) in [5, 5.41) is 0. The first kappa shape index (κ1) is 14.5. The molecule has 5 heteroatoms. The zero-order valence-electron chi connectivity index (χ0n) is 10.9. The molecular formula is C14H18BrFN2O. The average molecular weight is 329 g/mol. The number of halogens is 2. The Balaban J connectivity index is 2.28. The number of hydrogen-bond donors (Lipinski definition) is 1. The standard InChI is InChI=1S/C14H18BrFN2O/c1-9(17)13-4-2-3-7-18(13)14(19)11-8-10(16)5-6-12(11)15/h5-6,8-9,13H,2-4,7,17H2,1H3. The number of carbonyl (C=O) groups excluding carboxylic acids is 1. The summed E-state index contributed by atoms with van der Waals surface area (Å²) in [6.07, 6.45) is 2.97. The van der Waals surface area contributed by atoms with Crippen molar-refractivity contribution >= 4 is 21.8 Å². The van der Waals surface area contributed by atoms with Crippen LogP contribution in [0, 0.1) is 5.82 Å². The van der Waals surface area contributed by atoms with Gasteiger partial charge in [0, 0.05) is 23.1 Å². The van der Waals surface area contributed by atoms with E-state index in [1.165, 1.54) is 12.1 Å². The first-order valence-electron chi connectivity index (χ1n) is 6.52. The highest BCUT2D eigenvalue weighted by Crippen LogP contribution is 2.25. The molecule has 1 aliphatic rings. The molecule has 2 unspecified atom stereocenters. The van der Waals surface area contributed by atoms with Gasteiger partial charge in [0.05, 0.1) is 5.56 Å². The minimum Gasteiger partial charge on any atom is -0.334 e. The second kappa shape index (κ2) is 6.01. The Morgan fingerprint density at radius 2 is 2.26 bits per heavy atom. The van der Waals surface area contributed by atoms with Crippen molar-refractivity contribution in [3.63, 3.8) is 0 Å². The van der Waals surface area contributed by atoms with Crippen molar-refractivity contribution in [1.82, 2.24) is 4.90 Å². The molecule has 1 heterocycles. The number of benzene rings is 1. The summed E-state index contributed by atoms with van der Waals surface area (Å²) >= 11 is 3.31. The third kappa shape index (κ3) is 3.15. The Bertz CT molecular complexity index is 479. The summed E-state index contributed by atoms with van der Waals surface area (Å²) in [7, 11) is 0. The van der Waals surface area contributed by atoms with Gasteiger partial charge in [-0.1, -0.05) is 0 Å². The normalized spacial score (nSPS) is 21.3. The zero-order valence-corrected chi connectivity index (χ0v) is 12.5. The smallest absolute Gasteiger partial charge is 0.255 e. The molecule has 0 bridgehead atoms. The summed E-state index contributed by atoms with van der Waals surface area (Å²) in [6, 6.07) is 4.14. The van der Waals surface area contributed by atoms with Crippen molar-refractivity contribution in [2.24, 2.45) is 5.73 Å². The largest absolute Gasteiger partial charge is 0.334 e. The van der Waals surface area contributed by atoms with E-state index in [1.807, 2.05) is 6.92 Å². The maximum absolute atomic E-state index is 13.3. The molecular weight excluding hydrogens is 311 g/mol. The molecule has 1 aromatic carbocycles. The van der Waals surface area contributed by atoms with E-state index in [0.29, 0.717) is 16.6 Å². The summed E-state index contributed by atoms with van der Waals surface area (Å²) in [5.41, 5.74) is 6.33. The Morgan fingerprint density at radius 1 is 1.53 bits per heavy atom. The summed E-state index contributed by atoms with van der Waals surface area (Å²) in [4.78, 5) is 14.3. The number of nitrogens with two attached hydrogens (primary N) is 1. The van der Waals surface area contributed by atoms with Crippen LogP contribution in [0.3, 0.4) is 0 Å². The lowest BCUT2D eigenvalue weighted by molar-refractivity contribution is 0.0582. The summed E-state index contributed by atoms with van der Waals surface area (Å²) < 4.78 is 13.9.